The van der Waals surface area contributed by atoms with Gasteiger partial charge in [0.05, 0.1) is 13.1 Å². The summed E-state index contributed by atoms with van der Waals surface area (Å²) in [5.41, 5.74) is 5.96. The molecule has 0 bridgehead atoms. The van der Waals surface area contributed by atoms with E-state index in [1.165, 1.54) is 12.4 Å². The number of halogens is 4. The van der Waals surface area contributed by atoms with Crippen molar-refractivity contribution in [2.45, 2.75) is 13.0 Å². The maximum Gasteiger partial charge on any atom is 0.257 e. The van der Waals surface area contributed by atoms with E-state index < -0.39 is 13.0 Å². The van der Waals surface area contributed by atoms with Crippen LogP contribution in [0, 0.1) is 3.70 Å². The number of alkyl halides is 2. The number of rotatable bonds is 5. The first-order chi connectivity index (χ1) is 8.02. The molecule has 0 radical (unpaired) electrons. The van der Waals surface area contributed by atoms with Crippen molar-refractivity contribution >= 4 is 40.4 Å². The molecule has 0 aliphatic heterocycles. The summed E-state index contributed by atoms with van der Waals surface area (Å²) in [6.07, 6.45) is 0.169. The van der Waals surface area contributed by atoms with Crippen LogP contribution in [-0.2, 0) is 6.54 Å². The van der Waals surface area contributed by atoms with Gasteiger partial charge in [0.2, 0.25) is 0 Å². The topological polar surface area (TPSA) is 56.2 Å². The van der Waals surface area contributed by atoms with Gasteiger partial charge in [-0.05, 0) is 22.6 Å². The summed E-state index contributed by atoms with van der Waals surface area (Å²) in [7, 11) is 0. The third-order valence-electron chi connectivity index (χ3n) is 1.75. The second kappa shape index (κ2) is 6.90. The van der Waals surface area contributed by atoms with E-state index in [2.05, 4.69) is 32.7 Å². The molecule has 0 fully saturated rings. The molecule has 1 rings (SSSR count). The van der Waals surface area contributed by atoms with Gasteiger partial charge in [-0.3, -0.25) is 9.67 Å². The van der Waals surface area contributed by atoms with Gasteiger partial charge < -0.3 is 5.73 Å². The number of aromatic nitrogens is 2. The fourth-order valence-corrected chi connectivity index (χ4v) is 1.99. The SMILES string of the molecule is NC=C(C=NCC(F)F)Cn1nc(Cl)cc1I. The Balaban J connectivity index is 2.65. The van der Waals surface area contributed by atoms with Crippen LogP contribution in [0.15, 0.2) is 22.8 Å². The molecule has 1 aromatic heterocycles. The van der Waals surface area contributed by atoms with Crippen LogP contribution in [0.2, 0.25) is 5.15 Å². The third-order valence-corrected chi connectivity index (χ3v) is 2.80. The van der Waals surface area contributed by atoms with Crippen LogP contribution in [0.5, 0.6) is 0 Å². The normalized spacial score (nSPS) is 12.9. The molecule has 17 heavy (non-hydrogen) atoms. The highest BCUT2D eigenvalue weighted by molar-refractivity contribution is 14.1. The third kappa shape index (κ3) is 4.99. The molecule has 94 valence electrons. The van der Waals surface area contributed by atoms with Crippen LogP contribution in [0.3, 0.4) is 0 Å². The largest absolute Gasteiger partial charge is 0.404 e. The molecule has 0 aliphatic carbocycles. The predicted molar refractivity (Wildman–Crippen MR) is 71.6 cm³/mol. The molecule has 0 amide bonds. The van der Waals surface area contributed by atoms with Crippen molar-refractivity contribution in [1.82, 2.24) is 9.78 Å². The Labute approximate surface area is 116 Å². The van der Waals surface area contributed by atoms with Gasteiger partial charge in [0.25, 0.3) is 6.43 Å². The first-order valence-corrected chi connectivity index (χ1v) is 6.06. The molecule has 0 atom stereocenters. The van der Waals surface area contributed by atoms with Crippen LogP contribution in [-0.4, -0.2) is 29.0 Å². The summed E-state index contributed by atoms with van der Waals surface area (Å²) in [6, 6.07) is 1.69. The molecule has 0 spiro atoms. The molecular weight excluding hydrogens is 364 g/mol. The van der Waals surface area contributed by atoms with E-state index in [4.69, 9.17) is 17.3 Å². The maximum atomic E-state index is 11.9. The van der Waals surface area contributed by atoms with Gasteiger partial charge in [0.15, 0.2) is 5.15 Å². The standard InChI is InChI=1S/C9H10ClF2IN4/c10-7-1-9(13)17(16-7)5-6(2-14)3-15-4-8(11)12/h1-3,8H,4-5,14H2. The second-order valence-corrected chi connectivity index (χ2v) is 4.57. The van der Waals surface area contributed by atoms with Crippen LogP contribution < -0.4 is 5.73 Å². The van der Waals surface area contributed by atoms with E-state index in [-0.39, 0.29) is 0 Å². The van der Waals surface area contributed by atoms with Crippen molar-refractivity contribution in [2.75, 3.05) is 6.54 Å². The van der Waals surface area contributed by atoms with E-state index in [1.807, 2.05) is 0 Å². The molecule has 0 saturated heterocycles. The lowest BCUT2D eigenvalue weighted by molar-refractivity contribution is 0.159. The van der Waals surface area contributed by atoms with Crippen molar-refractivity contribution in [2.24, 2.45) is 10.7 Å². The zero-order chi connectivity index (χ0) is 12.8. The van der Waals surface area contributed by atoms with Gasteiger partial charge >= 0.3 is 0 Å². The zero-order valence-corrected chi connectivity index (χ0v) is 11.6. The van der Waals surface area contributed by atoms with Crippen LogP contribution >= 0.6 is 34.2 Å². The minimum Gasteiger partial charge on any atom is -0.404 e. The number of allylic oxidation sites excluding steroid dienone is 1. The van der Waals surface area contributed by atoms with Crippen LogP contribution in [0.25, 0.3) is 0 Å². The summed E-state index contributed by atoms with van der Waals surface area (Å²) in [5, 5.41) is 4.38. The van der Waals surface area contributed by atoms with E-state index in [0.29, 0.717) is 17.3 Å². The Kier molecular flexibility index (Phi) is 5.83. The van der Waals surface area contributed by atoms with Gasteiger partial charge in [0.1, 0.15) is 3.70 Å². The Hall–Kier alpha value is -0.700. The quantitative estimate of drug-likeness (QED) is 0.635. The molecule has 1 heterocycles. The average Bonchev–Trinajstić information content (AvgIpc) is 2.55. The molecule has 0 aliphatic rings. The summed E-state index contributed by atoms with van der Waals surface area (Å²) in [5.74, 6) is 0. The first kappa shape index (κ1) is 14.4. The molecule has 2 N–H and O–H groups in total. The van der Waals surface area contributed by atoms with Gasteiger partial charge in [0, 0.05) is 24.1 Å². The Morgan fingerprint density at radius 2 is 2.41 bits per heavy atom. The summed E-state index contributed by atoms with van der Waals surface area (Å²) < 4.78 is 26.2. The first-order valence-electron chi connectivity index (χ1n) is 4.60. The Morgan fingerprint density at radius 3 is 2.88 bits per heavy atom. The van der Waals surface area contributed by atoms with Gasteiger partial charge in [-0.25, -0.2) is 8.78 Å². The fourth-order valence-electron chi connectivity index (χ4n) is 1.03. The number of hydrogen-bond acceptors (Lipinski definition) is 3. The van der Waals surface area contributed by atoms with Crippen LogP contribution in [0.4, 0.5) is 8.78 Å². The molecule has 0 unspecified atom stereocenters. The highest BCUT2D eigenvalue weighted by Gasteiger charge is 2.05. The lowest BCUT2D eigenvalue weighted by atomic mass is 10.3. The van der Waals surface area contributed by atoms with Crippen molar-refractivity contribution in [3.05, 3.63) is 26.7 Å². The van der Waals surface area contributed by atoms with E-state index in [0.717, 1.165) is 3.70 Å². The Morgan fingerprint density at radius 1 is 1.71 bits per heavy atom. The van der Waals surface area contributed by atoms with Crippen molar-refractivity contribution in [3.8, 4) is 0 Å². The van der Waals surface area contributed by atoms with Gasteiger partial charge in [-0.15, -0.1) is 0 Å². The lowest BCUT2D eigenvalue weighted by Crippen LogP contribution is -2.08. The maximum absolute atomic E-state index is 11.9. The molecule has 0 aromatic carbocycles. The Bertz CT molecular complexity index is 431. The molecule has 0 saturated carbocycles. The van der Waals surface area contributed by atoms with Crippen LogP contribution in [0.1, 0.15) is 0 Å². The minimum absolute atomic E-state index is 0.341. The molecule has 1 aromatic rings. The highest BCUT2D eigenvalue weighted by Crippen LogP contribution is 2.13. The average molecular weight is 375 g/mol. The van der Waals surface area contributed by atoms with E-state index >= 15 is 0 Å². The summed E-state index contributed by atoms with van der Waals surface area (Å²) in [6.45, 7) is -0.192. The fraction of sp³-hybridized carbons (Fsp3) is 0.333. The molecular formula is C9H10ClF2IN4. The predicted octanol–water partition coefficient (Wildman–Crippen LogP) is 2.32. The monoisotopic (exact) mass is 374 g/mol. The smallest absolute Gasteiger partial charge is 0.257 e. The van der Waals surface area contributed by atoms with Crippen molar-refractivity contribution in [1.29, 1.82) is 0 Å². The van der Waals surface area contributed by atoms with Crippen molar-refractivity contribution < 1.29 is 8.78 Å². The van der Waals surface area contributed by atoms with Gasteiger partial charge in [-0.1, -0.05) is 11.6 Å². The number of nitrogens with two attached hydrogens (primary N) is 1. The summed E-state index contributed by atoms with van der Waals surface area (Å²) in [4.78, 5) is 3.57. The number of nitrogens with zero attached hydrogens (tertiary/aromatic N) is 3. The second-order valence-electron chi connectivity index (χ2n) is 3.07. The van der Waals surface area contributed by atoms with E-state index in [1.54, 1.807) is 10.7 Å². The number of hydrogen-bond donors (Lipinski definition) is 1. The van der Waals surface area contributed by atoms with E-state index in [9.17, 15) is 8.78 Å². The minimum atomic E-state index is -2.45. The van der Waals surface area contributed by atoms with Gasteiger partial charge in [-0.2, -0.15) is 5.10 Å². The number of aliphatic imine (C=N–C) groups is 1. The molecule has 8 heteroatoms. The zero-order valence-electron chi connectivity index (χ0n) is 8.65. The summed E-state index contributed by atoms with van der Waals surface area (Å²) >= 11 is 7.78. The highest BCUT2D eigenvalue weighted by atomic mass is 127. The molecule has 4 nitrogen and oxygen atoms in total. The lowest BCUT2D eigenvalue weighted by Gasteiger charge is -2.03. The van der Waals surface area contributed by atoms with Crippen molar-refractivity contribution in [3.63, 3.8) is 0 Å².